The fourth-order valence-electron chi connectivity index (χ4n) is 2.77. The van der Waals surface area contributed by atoms with Crippen molar-refractivity contribution in [1.82, 2.24) is 4.72 Å². The fourth-order valence-corrected chi connectivity index (χ4v) is 3.98. The molecule has 9 heteroatoms. The highest BCUT2D eigenvalue weighted by Gasteiger charge is 2.20. The van der Waals surface area contributed by atoms with E-state index in [0.717, 1.165) is 5.56 Å². The van der Waals surface area contributed by atoms with E-state index in [1.165, 1.54) is 13.2 Å². The van der Waals surface area contributed by atoms with Crippen LogP contribution in [0.3, 0.4) is 0 Å². The van der Waals surface area contributed by atoms with E-state index < -0.39 is 21.6 Å². The monoisotopic (exact) mass is 469 g/mol. The van der Waals surface area contributed by atoms with Crippen LogP contribution < -0.4 is 9.46 Å². The number of aryl methyl sites for hydroxylation is 1. The molecule has 0 heterocycles. The Morgan fingerprint density at radius 1 is 1.10 bits per heavy atom. The minimum Gasteiger partial charge on any atom is -0.481 e. The predicted molar refractivity (Wildman–Crippen MR) is 120 cm³/mol. The highest BCUT2D eigenvalue weighted by atomic mass is 35.5. The second kappa shape index (κ2) is 10.5. The van der Waals surface area contributed by atoms with Crippen molar-refractivity contribution in [2.24, 2.45) is 0 Å². The summed E-state index contributed by atoms with van der Waals surface area (Å²) in [7, 11) is -2.23. The fraction of sp³-hybridized carbons (Fsp3) is 0.409. The van der Waals surface area contributed by atoms with Crippen molar-refractivity contribution in [1.29, 1.82) is 0 Å². The Labute approximate surface area is 188 Å². The van der Waals surface area contributed by atoms with Gasteiger partial charge in [0.25, 0.3) is 0 Å². The summed E-state index contributed by atoms with van der Waals surface area (Å²) in [5.74, 6) is -0.121. The number of carbonyl (C=O) groups excluding carboxylic acids is 1. The van der Waals surface area contributed by atoms with Crippen LogP contribution in [-0.4, -0.2) is 46.9 Å². The first kappa shape index (κ1) is 25.1. The van der Waals surface area contributed by atoms with Gasteiger partial charge in [-0.1, -0.05) is 17.7 Å². The van der Waals surface area contributed by atoms with Crippen LogP contribution in [0.25, 0.3) is 11.1 Å². The van der Waals surface area contributed by atoms with Gasteiger partial charge in [0.15, 0.2) is 6.61 Å². The van der Waals surface area contributed by atoms with E-state index in [4.69, 9.17) is 25.8 Å². The lowest BCUT2D eigenvalue weighted by molar-refractivity contribution is -0.157. The van der Waals surface area contributed by atoms with Gasteiger partial charge in [-0.15, -0.1) is 0 Å². The maximum atomic E-state index is 12.6. The van der Waals surface area contributed by atoms with Crippen molar-refractivity contribution in [3.63, 3.8) is 0 Å². The standard InChI is InChI=1S/C22H28ClNO6S/c1-15-6-8-17(31(26,27)24-10-11-28-5)13-18(15)19-12-16(23)7-9-20(19)29-14-21(25)30-22(2,3)4/h6-9,12-13,24H,10-11,14H2,1-5H3. The number of rotatable bonds is 9. The first-order valence-corrected chi connectivity index (χ1v) is 11.5. The van der Waals surface area contributed by atoms with Crippen molar-refractivity contribution >= 4 is 27.6 Å². The maximum Gasteiger partial charge on any atom is 0.344 e. The van der Waals surface area contributed by atoms with E-state index in [0.29, 0.717) is 21.9 Å². The van der Waals surface area contributed by atoms with Crippen LogP contribution in [0.2, 0.25) is 5.02 Å². The highest BCUT2D eigenvalue weighted by molar-refractivity contribution is 7.89. The zero-order chi connectivity index (χ0) is 23.2. The van der Waals surface area contributed by atoms with Crippen molar-refractivity contribution in [3.8, 4) is 16.9 Å². The van der Waals surface area contributed by atoms with Crippen molar-refractivity contribution in [3.05, 3.63) is 47.0 Å². The average molecular weight is 470 g/mol. The number of hydrogen-bond donors (Lipinski definition) is 1. The number of carbonyl (C=O) groups is 1. The molecule has 31 heavy (non-hydrogen) atoms. The van der Waals surface area contributed by atoms with Crippen molar-refractivity contribution < 1.29 is 27.4 Å². The van der Waals surface area contributed by atoms with Crippen LogP contribution in [0.4, 0.5) is 0 Å². The molecule has 170 valence electrons. The molecule has 0 unspecified atom stereocenters. The van der Waals surface area contributed by atoms with E-state index in [9.17, 15) is 13.2 Å². The predicted octanol–water partition coefficient (Wildman–Crippen LogP) is 3.96. The Kier molecular flexibility index (Phi) is 8.48. The van der Waals surface area contributed by atoms with Crippen molar-refractivity contribution in [2.45, 2.75) is 38.2 Å². The maximum absolute atomic E-state index is 12.6. The second-order valence-electron chi connectivity index (χ2n) is 7.88. The molecule has 2 rings (SSSR count). The molecule has 0 amide bonds. The first-order chi connectivity index (χ1) is 14.4. The SMILES string of the molecule is COCCNS(=O)(=O)c1ccc(C)c(-c2cc(Cl)ccc2OCC(=O)OC(C)(C)C)c1. The summed E-state index contributed by atoms with van der Waals surface area (Å²) in [6, 6.07) is 9.73. The van der Waals surface area contributed by atoms with Gasteiger partial charge in [0.05, 0.1) is 11.5 Å². The Hall–Kier alpha value is -2.13. The van der Waals surface area contributed by atoms with Gasteiger partial charge in [0.2, 0.25) is 10.0 Å². The van der Waals surface area contributed by atoms with Gasteiger partial charge in [0.1, 0.15) is 11.4 Å². The first-order valence-electron chi connectivity index (χ1n) is 9.67. The smallest absolute Gasteiger partial charge is 0.344 e. The van der Waals surface area contributed by atoms with Gasteiger partial charge in [-0.25, -0.2) is 17.9 Å². The molecule has 0 aliphatic rings. The largest absolute Gasteiger partial charge is 0.481 e. The van der Waals surface area contributed by atoms with Gasteiger partial charge in [-0.3, -0.25) is 0 Å². The van der Waals surface area contributed by atoms with Gasteiger partial charge in [0, 0.05) is 24.2 Å². The van der Waals surface area contributed by atoms with Crippen LogP contribution >= 0.6 is 11.6 Å². The second-order valence-corrected chi connectivity index (χ2v) is 10.1. The minimum atomic E-state index is -3.73. The lowest BCUT2D eigenvalue weighted by atomic mass is 10.00. The quantitative estimate of drug-likeness (QED) is 0.441. The molecule has 0 atom stereocenters. The summed E-state index contributed by atoms with van der Waals surface area (Å²) in [6.45, 7) is 7.29. The number of halogens is 1. The topological polar surface area (TPSA) is 90.9 Å². The number of nitrogens with one attached hydrogen (secondary N) is 1. The molecular formula is C22H28ClNO6S. The third-order valence-electron chi connectivity index (χ3n) is 4.11. The summed E-state index contributed by atoms with van der Waals surface area (Å²) in [5, 5.41) is 0.450. The summed E-state index contributed by atoms with van der Waals surface area (Å²) >= 11 is 6.19. The molecule has 0 aromatic heterocycles. The van der Waals surface area contributed by atoms with Crippen LogP contribution in [0.15, 0.2) is 41.3 Å². The Morgan fingerprint density at radius 2 is 1.81 bits per heavy atom. The molecule has 0 spiro atoms. The zero-order valence-corrected chi connectivity index (χ0v) is 19.9. The van der Waals surface area contributed by atoms with Gasteiger partial charge >= 0.3 is 5.97 Å². The van der Waals surface area contributed by atoms with Gasteiger partial charge in [-0.2, -0.15) is 0 Å². The number of esters is 1. The lowest BCUT2D eigenvalue weighted by Crippen LogP contribution is -2.27. The molecule has 0 aliphatic heterocycles. The molecule has 0 aliphatic carbocycles. The number of ether oxygens (including phenoxy) is 3. The van der Waals surface area contributed by atoms with Crippen LogP contribution in [0.5, 0.6) is 5.75 Å². The van der Waals surface area contributed by atoms with E-state index in [1.54, 1.807) is 51.1 Å². The van der Waals surface area contributed by atoms with Gasteiger partial charge < -0.3 is 14.2 Å². The van der Waals surface area contributed by atoms with Gasteiger partial charge in [-0.05, 0) is 69.2 Å². The molecule has 2 aromatic carbocycles. The third-order valence-corrected chi connectivity index (χ3v) is 5.81. The van der Waals surface area contributed by atoms with E-state index >= 15 is 0 Å². The Balaban J connectivity index is 2.37. The number of hydrogen-bond acceptors (Lipinski definition) is 6. The molecule has 0 radical (unpaired) electrons. The number of benzene rings is 2. The van der Waals surface area contributed by atoms with Crippen LogP contribution in [-0.2, 0) is 24.3 Å². The molecule has 1 N–H and O–H groups in total. The number of methoxy groups -OCH3 is 1. The summed E-state index contributed by atoms with van der Waals surface area (Å²) in [6.07, 6.45) is 0. The molecule has 7 nitrogen and oxygen atoms in total. The lowest BCUT2D eigenvalue weighted by Gasteiger charge is -2.20. The molecule has 0 saturated carbocycles. The molecule has 0 bridgehead atoms. The average Bonchev–Trinajstić information content (AvgIpc) is 2.66. The minimum absolute atomic E-state index is 0.0993. The molecule has 0 saturated heterocycles. The number of sulfonamides is 1. The molecular weight excluding hydrogens is 442 g/mol. The normalized spacial score (nSPS) is 11.9. The van der Waals surface area contributed by atoms with Crippen LogP contribution in [0, 0.1) is 6.92 Å². The highest BCUT2D eigenvalue weighted by Crippen LogP contribution is 2.36. The Bertz CT molecular complexity index is 1030. The Morgan fingerprint density at radius 3 is 2.45 bits per heavy atom. The summed E-state index contributed by atoms with van der Waals surface area (Å²) < 4.78 is 43.6. The van der Waals surface area contributed by atoms with Crippen molar-refractivity contribution in [2.75, 3.05) is 26.9 Å². The van der Waals surface area contributed by atoms with Crippen LogP contribution in [0.1, 0.15) is 26.3 Å². The molecule has 2 aromatic rings. The summed E-state index contributed by atoms with van der Waals surface area (Å²) in [4.78, 5) is 12.2. The van der Waals surface area contributed by atoms with E-state index in [1.807, 2.05) is 6.92 Å². The van der Waals surface area contributed by atoms with E-state index in [-0.39, 0.29) is 24.7 Å². The summed E-state index contributed by atoms with van der Waals surface area (Å²) in [5.41, 5.74) is 1.39. The molecule has 0 fully saturated rings. The van der Waals surface area contributed by atoms with E-state index in [2.05, 4.69) is 4.72 Å². The zero-order valence-electron chi connectivity index (χ0n) is 18.3. The third kappa shape index (κ3) is 7.50.